The standard InChI is InChI=1S/C26H22N4O3/c1-29(2)17-7-9-18(10-8-17)30-23(20-15-28-21-6-4-3-5-19(20)21)22(25(32)26(30)33)24(31)16-11-13-27-14-12-16/h3-15,23,28,31H,1-2H3/b24-22+. The zero-order valence-corrected chi connectivity index (χ0v) is 18.2. The predicted octanol–water partition coefficient (Wildman–Crippen LogP) is 4.26. The van der Waals surface area contributed by atoms with E-state index in [0.29, 0.717) is 11.3 Å². The van der Waals surface area contributed by atoms with Crippen LogP contribution in [0.15, 0.2) is 84.8 Å². The lowest BCUT2D eigenvalue weighted by Crippen LogP contribution is -2.29. The van der Waals surface area contributed by atoms with Crippen molar-refractivity contribution in [2.24, 2.45) is 0 Å². The van der Waals surface area contributed by atoms with Gasteiger partial charge in [0, 0.05) is 66.1 Å². The summed E-state index contributed by atoms with van der Waals surface area (Å²) in [4.78, 5) is 37.2. The van der Waals surface area contributed by atoms with E-state index in [1.807, 2.05) is 67.5 Å². The van der Waals surface area contributed by atoms with Gasteiger partial charge in [0.1, 0.15) is 5.76 Å². The molecule has 2 N–H and O–H groups in total. The molecule has 1 aliphatic rings. The number of amides is 1. The number of hydrogen-bond acceptors (Lipinski definition) is 5. The number of aliphatic hydroxyl groups is 1. The fourth-order valence-corrected chi connectivity index (χ4v) is 4.29. The molecule has 3 heterocycles. The molecule has 1 unspecified atom stereocenters. The Morgan fingerprint density at radius 3 is 2.39 bits per heavy atom. The Morgan fingerprint density at radius 1 is 1.00 bits per heavy atom. The number of H-pyrrole nitrogens is 1. The highest BCUT2D eigenvalue weighted by Gasteiger charge is 2.47. The molecule has 1 aliphatic heterocycles. The fourth-order valence-electron chi connectivity index (χ4n) is 4.29. The molecule has 7 nitrogen and oxygen atoms in total. The van der Waals surface area contributed by atoms with Crippen molar-refractivity contribution in [3.05, 3.63) is 96.0 Å². The van der Waals surface area contributed by atoms with Gasteiger partial charge in [0.2, 0.25) is 0 Å². The highest BCUT2D eigenvalue weighted by Crippen LogP contribution is 2.44. The van der Waals surface area contributed by atoms with Gasteiger partial charge in [-0.3, -0.25) is 19.5 Å². The molecule has 0 aliphatic carbocycles. The number of pyridine rings is 1. The number of carbonyl (C=O) groups excluding carboxylic acids is 2. The maximum Gasteiger partial charge on any atom is 0.300 e. The molecule has 1 amide bonds. The van der Waals surface area contributed by atoms with E-state index in [1.54, 1.807) is 18.3 Å². The lowest BCUT2D eigenvalue weighted by molar-refractivity contribution is -0.132. The van der Waals surface area contributed by atoms with Crippen molar-refractivity contribution in [3.63, 3.8) is 0 Å². The molecular weight excluding hydrogens is 416 g/mol. The summed E-state index contributed by atoms with van der Waals surface area (Å²) in [5, 5.41) is 12.0. The number of para-hydroxylation sites is 1. The molecule has 0 spiro atoms. The van der Waals surface area contributed by atoms with Crippen LogP contribution in [-0.4, -0.2) is 40.9 Å². The second-order valence-electron chi connectivity index (χ2n) is 8.11. The van der Waals surface area contributed by atoms with E-state index in [1.165, 1.54) is 17.3 Å². The molecule has 4 aromatic rings. The number of Topliss-reactive ketones (excluding diaryl/α,β-unsaturated/α-hetero) is 1. The summed E-state index contributed by atoms with van der Waals surface area (Å²) in [7, 11) is 3.86. The molecule has 33 heavy (non-hydrogen) atoms. The van der Waals surface area contributed by atoms with Crippen molar-refractivity contribution in [1.82, 2.24) is 9.97 Å². The average Bonchev–Trinajstić information content (AvgIpc) is 3.38. The van der Waals surface area contributed by atoms with Crippen LogP contribution in [0.5, 0.6) is 0 Å². The first-order valence-electron chi connectivity index (χ1n) is 10.5. The Hall–Kier alpha value is -4.39. The Labute approximate surface area is 190 Å². The van der Waals surface area contributed by atoms with Crippen LogP contribution < -0.4 is 9.80 Å². The molecule has 2 aromatic carbocycles. The van der Waals surface area contributed by atoms with Crippen LogP contribution in [0.1, 0.15) is 17.2 Å². The van der Waals surface area contributed by atoms with Gasteiger partial charge in [0.15, 0.2) is 0 Å². The number of anilines is 2. The molecule has 5 rings (SSSR count). The summed E-state index contributed by atoms with van der Waals surface area (Å²) >= 11 is 0. The zero-order chi connectivity index (χ0) is 23.1. The number of nitrogens with zero attached hydrogens (tertiary/aromatic N) is 3. The molecule has 164 valence electrons. The number of hydrogen-bond donors (Lipinski definition) is 2. The molecule has 0 bridgehead atoms. The maximum absolute atomic E-state index is 13.3. The summed E-state index contributed by atoms with van der Waals surface area (Å²) in [6, 6.07) is 17.5. The highest BCUT2D eigenvalue weighted by molar-refractivity contribution is 6.51. The molecule has 7 heteroatoms. The van der Waals surface area contributed by atoms with Crippen LogP contribution in [0.25, 0.3) is 16.7 Å². The van der Waals surface area contributed by atoms with Crippen LogP contribution in [0.4, 0.5) is 11.4 Å². The fraction of sp³-hybridized carbons (Fsp3) is 0.115. The van der Waals surface area contributed by atoms with E-state index in [4.69, 9.17) is 0 Å². The van der Waals surface area contributed by atoms with Crippen LogP contribution in [-0.2, 0) is 9.59 Å². The third-order valence-electron chi connectivity index (χ3n) is 5.96. The van der Waals surface area contributed by atoms with Crippen molar-refractivity contribution in [2.75, 3.05) is 23.9 Å². The van der Waals surface area contributed by atoms with Gasteiger partial charge in [-0.15, -0.1) is 0 Å². The third-order valence-corrected chi connectivity index (χ3v) is 5.96. The van der Waals surface area contributed by atoms with Gasteiger partial charge in [-0.25, -0.2) is 0 Å². The minimum absolute atomic E-state index is 0.0487. The normalized spacial score (nSPS) is 17.6. The van der Waals surface area contributed by atoms with Crippen molar-refractivity contribution >= 4 is 39.7 Å². The van der Waals surface area contributed by atoms with E-state index in [2.05, 4.69) is 9.97 Å². The number of benzene rings is 2. The molecule has 0 saturated carbocycles. The number of nitrogens with one attached hydrogen (secondary N) is 1. The first-order chi connectivity index (χ1) is 16.0. The number of rotatable bonds is 4. The van der Waals surface area contributed by atoms with Gasteiger partial charge in [-0.05, 0) is 42.5 Å². The summed E-state index contributed by atoms with van der Waals surface area (Å²) in [5.74, 6) is -1.63. The van der Waals surface area contributed by atoms with Gasteiger partial charge in [-0.1, -0.05) is 18.2 Å². The molecule has 1 saturated heterocycles. The van der Waals surface area contributed by atoms with Crippen LogP contribution >= 0.6 is 0 Å². The van der Waals surface area contributed by atoms with Crippen molar-refractivity contribution in [2.45, 2.75) is 6.04 Å². The van der Waals surface area contributed by atoms with Crippen LogP contribution in [0, 0.1) is 0 Å². The van der Waals surface area contributed by atoms with Crippen molar-refractivity contribution in [1.29, 1.82) is 0 Å². The summed E-state index contributed by atoms with van der Waals surface area (Å²) in [6.45, 7) is 0. The third kappa shape index (κ3) is 3.34. The van der Waals surface area contributed by atoms with Gasteiger partial charge < -0.3 is 15.0 Å². The first kappa shape index (κ1) is 20.5. The van der Waals surface area contributed by atoms with E-state index in [-0.39, 0.29) is 11.3 Å². The summed E-state index contributed by atoms with van der Waals surface area (Å²) in [6.07, 6.45) is 4.86. The Bertz CT molecular complexity index is 1390. The quantitative estimate of drug-likeness (QED) is 0.282. The van der Waals surface area contributed by atoms with Crippen LogP contribution in [0.2, 0.25) is 0 Å². The largest absolute Gasteiger partial charge is 0.507 e. The number of aliphatic hydroxyl groups excluding tert-OH is 1. The lowest BCUT2D eigenvalue weighted by atomic mass is 9.95. The van der Waals surface area contributed by atoms with Gasteiger partial charge >= 0.3 is 0 Å². The average molecular weight is 438 g/mol. The number of fused-ring (bicyclic) bond motifs is 1. The molecule has 2 aromatic heterocycles. The second-order valence-corrected chi connectivity index (χ2v) is 8.11. The SMILES string of the molecule is CN(C)c1ccc(N2C(=O)C(=O)/C(=C(/O)c3ccncc3)C2c2c[nH]c3ccccc23)cc1. The maximum atomic E-state index is 13.3. The van der Waals surface area contributed by atoms with Gasteiger partial charge in [-0.2, -0.15) is 0 Å². The van der Waals surface area contributed by atoms with Crippen molar-refractivity contribution in [3.8, 4) is 0 Å². The van der Waals surface area contributed by atoms with E-state index < -0.39 is 17.7 Å². The molecule has 1 fully saturated rings. The highest BCUT2D eigenvalue weighted by atomic mass is 16.3. The van der Waals surface area contributed by atoms with E-state index in [9.17, 15) is 14.7 Å². The minimum atomic E-state index is -0.792. The van der Waals surface area contributed by atoms with E-state index >= 15 is 0 Å². The van der Waals surface area contributed by atoms with Crippen molar-refractivity contribution < 1.29 is 14.7 Å². The topological polar surface area (TPSA) is 89.5 Å². The number of ketones is 1. The Balaban J connectivity index is 1.75. The monoisotopic (exact) mass is 438 g/mol. The first-order valence-corrected chi connectivity index (χ1v) is 10.5. The smallest absolute Gasteiger partial charge is 0.300 e. The number of aromatic amines is 1. The predicted molar refractivity (Wildman–Crippen MR) is 128 cm³/mol. The van der Waals surface area contributed by atoms with Crippen LogP contribution in [0.3, 0.4) is 0 Å². The van der Waals surface area contributed by atoms with E-state index in [0.717, 1.165) is 22.2 Å². The van der Waals surface area contributed by atoms with Gasteiger partial charge in [0.25, 0.3) is 11.7 Å². The lowest BCUT2D eigenvalue weighted by Gasteiger charge is -2.25. The van der Waals surface area contributed by atoms with Gasteiger partial charge in [0.05, 0.1) is 11.6 Å². The zero-order valence-electron chi connectivity index (χ0n) is 18.2. The molecular formula is C26H22N4O3. The summed E-state index contributed by atoms with van der Waals surface area (Å²) in [5.41, 5.74) is 3.63. The second kappa shape index (κ2) is 7.94. The number of aromatic nitrogens is 2. The Kier molecular flexibility index (Phi) is 4.94. The summed E-state index contributed by atoms with van der Waals surface area (Å²) < 4.78 is 0. The molecule has 0 radical (unpaired) electrons. The Morgan fingerprint density at radius 2 is 1.70 bits per heavy atom. The molecule has 1 atom stereocenters. The minimum Gasteiger partial charge on any atom is -0.507 e. The number of carbonyl (C=O) groups is 2.